The molecule has 2 saturated heterocycles. The van der Waals surface area contributed by atoms with Gasteiger partial charge >= 0.3 is 0 Å². The monoisotopic (exact) mass is 514 g/mol. The lowest BCUT2D eigenvalue weighted by Crippen LogP contribution is -2.42. The van der Waals surface area contributed by atoms with E-state index in [1.807, 2.05) is 4.90 Å². The van der Waals surface area contributed by atoms with Gasteiger partial charge in [0.15, 0.2) is 0 Å². The highest BCUT2D eigenvalue weighted by molar-refractivity contribution is 5.98. The fourth-order valence-electron chi connectivity index (χ4n) is 5.98. The van der Waals surface area contributed by atoms with Gasteiger partial charge in [0.1, 0.15) is 27.9 Å². The molecule has 1 aliphatic carbocycles. The first-order valence-electron chi connectivity index (χ1n) is 12.7. The van der Waals surface area contributed by atoms with Crippen molar-refractivity contribution >= 4 is 33.9 Å². The molecule has 2 aromatic carbocycles. The number of benzene rings is 2. The molecule has 0 spiro atoms. The van der Waals surface area contributed by atoms with Crippen LogP contribution in [0.1, 0.15) is 46.4 Å². The van der Waals surface area contributed by atoms with Gasteiger partial charge in [0.05, 0.1) is 12.1 Å². The molecule has 4 aromatic rings. The fraction of sp³-hybridized carbons (Fsp3) is 0.333. The molecule has 2 amide bonds. The molecular formula is C27H23FN6O4. The highest BCUT2D eigenvalue weighted by atomic mass is 19.1. The van der Waals surface area contributed by atoms with Crippen LogP contribution in [0.5, 0.6) is 0 Å². The molecule has 4 bridgehead atoms. The van der Waals surface area contributed by atoms with E-state index < -0.39 is 0 Å². The summed E-state index contributed by atoms with van der Waals surface area (Å²) in [6.45, 7) is 0.828. The fourth-order valence-corrected chi connectivity index (χ4v) is 5.98. The van der Waals surface area contributed by atoms with E-state index in [4.69, 9.17) is 0 Å². The van der Waals surface area contributed by atoms with Crippen molar-refractivity contribution in [3.8, 4) is 0 Å². The van der Waals surface area contributed by atoms with Gasteiger partial charge in [-0.3, -0.25) is 9.59 Å². The topological polar surface area (TPSA) is 118 Å². The van der Waals surface area contributed by atoms with Crippen LogP contribution in [-0.2, 0) is 0 Å². The molecule has 5 heterocycles. The van der Waals surface area contributed by atoms with Gasteiger partial charge in [0.25, 0.3) is 11.8 Å². The maximum absolute atomic E-state index is 13.4. The van der Waals surface area contributed by atoms with E-state index in [-0.39, 0.29) is 35.8 Å². The van der Waals surface area contributed by atoms with E-state index in [9.17, 15) is 14.0 Å². The third-order valence-electron chi connectivity index (χ3n) is 7.83. The van der Waals surface area contributed by atoms with E-state index >= 15 is 0 Å². The van der Waals surface area contributed by atoms with Crippen molar-refractivity contribution in [1.29, 1.82) is 0 Å². The number of nitrogens with zero attached hydrogens (tertiary/aromatic N) is 6. The summed E-state index contributed by atoms with van der Waals surface area (Å²) in [6, 6.07) is 10.5. The SMILES string of the molecule is O=C(c1ccc2nonc2c1)N1C2C=C(F)CC1CC2.O=C(c1ccc2nonc2c1)N1CC2C=CC1C2. The predicted molar refractivity (Wildman–Crippen MR) is 132 cm³/mol. The first kappa shape index (κ1) is 22.8. The Labute approximate surface area is 215 Å². The average Bonchev–Trinajstić information content (AvgIpc) is 3.76. The van der Waals surface area contributed by atoms with Crippen LogP contribution in [0.2, 0.25) is 0 Å². The molecule has 11 heteroatoms. The maximum Gasteiger partial charge on any atom is 0.254 e. The molecular weight excluding hydrogens is 491 g/mol. The van der Waals surface area contributed by atoms with E-state index in [0.29, 0.717) is 45.5 Å². The van der Waals surface area contributed by atoms with Crippen LogP contribution in [0.4, 0.5) is 4.39 Å². The van der Waals surface area contributed by atoms with Crippen LogP contribution in [0.25, 0.3) is 22.1 Å². The summed E-state index contributed by atoms with van der Waals surface area (Å²) in [5, 5.41) is 15.0. The number of halogens is 1. The lowest BCUT2D eigenvalue weighted by Gasteiger charge is -2.32. The second kappa shape index (κ2) is 8.86. The van der Waals surface area contributed by atoms with Crippen molar-refractivity contribution in [3.05, 3.63) is 71.6 Å². The lowest BCUT2D eigenvalue weighted by atomic mass is 10.1. The third kappa shape index (κ3) is 3.85. The molecule has 0 radical (unpaired) electrons. The minimum Gasteiger partial charge on any atom is -0.332 e. The Hall–Kier alpha value is -4.41. The van der Waals surface area contributed by atoms with Crippen LogP contribution in [-0.4, -0.2) is 66.9 Å². The lowest BCUT2D eigenvalue weighted by molar-refractivity contribution is 0.0676. The summed E-state index contributed by atoms with van der Waals surface area (Å²) in [4.78, 5) is 28.8. The first-order valence-corrected chi connectivity index (χ1v) is 12.7. The van der Waals surface area contributed by atoms with Crippen LogP contribution >= 0.6 is 0 Å². The zero-order valence-electron chi connectivity index (χ0n) is 20.2. The Morgan fingerprint density at radius 1 is 0.816 bits per heavy atom. The van der Waals surface area contributed by atoms with Gasteiger partial charge in [-0.1, -0.05) is 12.2 Å². The minimum absolute atomic E-state index is 0.0244. The van der Waals surface area contributed by atoms with Crippen molar-refractivity contribution in [1.82, 2.24) is 30.4 Å². The number of fused-ring (bicyclic) bond motifs is 6. The molecule has 8 rings (SSSR count). The number of carbonyl (C=O) groups excluding carboxylic acids is 2. The van der Waals surface area contributed by atoms with E-state index in [1.165, 1.54) is 0 Å². The molecule has 38 heavy (non-hydrogen) atoms. The van der Waals surface area contributed by atoms with E-state index in [2.05, 4.69) is 42.0 Å². The van der Waals surface area contributed by atoms with Gasteiger partial charge in [-0.15, -0.1) is 0 Å². The summed E-state index contributed by atoms with van der Waals surface area (Å²) < 4.78 is 22.7. The second-order valence-corrected chi connectivity index (χ2v) is 10.2. The van der Waals surface area contributed by atoms with Gasteiger partial charge in [0.2, 0.25) is 0 Å². The van der Waals surface area contributed by atoms with Crippen molar-refractivity contribution in [3.63, 3.8) is 0 Å². The van der Waals surface area contributed by atoms with Crippen molar-refractivity contribution in [2.45, 2.75) is 43.8 Å². The maximum atomic E-state index is 13.4. The quantitative estimate of drug-likeness (QED) is 0.367. The highest BCUT2D eigenvalue weighted by Gasteiger charge is 2.40. The van der Waals surface area contributed by atoms with Crippen molar-refractivity contribution in [2.75, 3.05) is 6.54 Å². The molecule has 4 unspecified atom stereocenters. The highest BCUT2D eigenvalue weighted by Crippen LogP contribution is 2.36. The number of hydrogen-bond donors (Lipinski definition) is 0. The number of aromatic nitrogens is 4. The summed E-state index contributed by atoms with van der Waals surface area (Å²) in [6.07, 6.45) is 8.99. The zero-order valence-corrected chi connectivity index (χ0v) is 20.2. The molecule has 4 aliphatic rings. The van der Waals surface area contributed by atoms with Gasteiger partial charge in [-0.2, -0.15) is 0 Å². The Bertz CT molecular complexity index is 1630. The van der Waals surface area contributed by atoms with Gasteiger partial charge < -0.3 is 9.80 Å². The first-order chi connectivity index (χ1) is 18.5. The molecule has 3 aliphatic heterocycles. The van der Waals surface area contributed by atoms with Gasteiger partial charge in [-0.05, 0) is 88.3 Å². The van der Waals surface area contributed by atoms with E-state index in [0.717, 1.165) is 25.8 Å². The summed E-state index contributed by atoms with van der Waals surface area (Å²) in [7, 11) is 0. The Morgan fingerprint density at radius 2 is 1.47 bits per heavy atom. The third-order valence-corrected chi connectivity index (χ3v) is 7.83. The molecule has 2 fully saturated rings. The second-order valence-electron chi connectivity index (χ2n) is 10.2. The molecule has 4 atom stereocenters. The number of hydrogen-bond acceptors (Lipinski definition) is 8. The summed E-state index contributed by atoms with van der Waals surface area (Å²) in [5.41, 5.74) is 3.67. The molecule has 0 saturated carbocycles. The predicted octanol–water partition coefficient (Wildman–Crippen LogP) is 4.08. The van der Waals surface area contributed by atoms with Crippen LogP contribution in [0, 0.1) is 5.92 Å². The zero-order chi connectivity index (χ0) is 25.8. The molecule has 192 valence electrons. The summed E-state index contributed by atoms with van der Waals surface area (Å²) >= 11 is 0. The molecule has 2 aromatic heterocycles. The Morgan fingerprint density at radius 3 is 2.08 bits per heavy atom. The molecule has 10 nitrogen and oxygen atoms in total. The van der Waals surface area contributed by atoms with E-state index in [1.54, 1.807) is 47.4 Å². The number of likely N-dealkylation sites (tertiary alicyclic amines) is 1. The number of amides is 2. The summed E-state index contributed by atoms with van der Waals surface area (Å²) in [5.74, 6) is 0.428. The average molecular weight is 515 g/mol. The minimum atomic E-state index is -0.118. The standard InChI is InChI=1S/C14H12FN3O2.C13H11N3O2/c15-9-6-10-2-3-11(7-9)18(10)14(19)8-1-4-12-13(5-8)17-20-16-12;17-13(16-7-8-1-3-10(16)5-8)9-2-4-11-12(6-9)15-18-14-11/h1,4-6,10-11H,2-3,7H2;1-4,6,8,10H,5,7H2. The van der Waals surface area contributed by atoms with Crippen LogP contribution in [0.15, 0.2) is 69.7 Å². The number of carbonyl (C=O) groups is 2. The van der Waals surface area contributed by atoms with Crippen LogP contribution < -0.4 is 0 Å². The largest absolute Gasteiger partial charge is 0.332 e. The van der Waals surface area contributed by atoms with Gasteiger partial charge in [-0.25, -0.2) is 13.6 Å². The normalized spacial score (nSPS) is 25.1. The smallest absolute Gasteiger partial charge is 0.254 e. The van der Waals surface area contributed by atoms with Crippen molar-refractivity contribution in [2.24, 2.45) is 5.92 Å². The number of rotatable bonds is 2. The Kier molecular flexibility index (Phi) is 5.31. The van der Waals surface area contributed by atoms with Crippen LogP contribution in [0.3, 0.4) is 0 Å². The van der Waals surface area contributed by atoms with Gasteiger partial charge in [0, 0.05) is 30.1 Å². The molecule has 0 N–H and O–H groups in total. The Balaban J connectivity index is 0.000000128. The van der Waals surface area contributed by atoms with Crippen molar-refractivity contribution < 1.29 is 23.2 Å².